The molecule has 1 aromatic carbocycles. The maximum atomic E-state index is 11.8. The lowest BCUT2D eigenvalue weighted by atomic mass is 10.1. The molecule has 1 aromatic rings. The fourth-order valence-corrected chi connectivity index (χ4v) is 1.24. The fourth-order valence-electron chi connectivity index (χ4n) is 1.24. The van der Waals surface area contributed by atoms with Gasteiger partial charge in [0.25, 0.3) is 5.91 Å². The minimum absolute atomic E-state index is 0.163. The summed E-state index contributed by atoms with van der Waals surface area (Å²) in [5, 5.41) is 2.84. The molecule has 0 saturated heterocycles. The molecule has 4 nitrogen and oxygen atoms in total. The van der Waals surface area contributed by atoms with E-state index in [1.807, 2.05) is 44.2 Å². The van der Waals surface area contributed by atoms with Gasteiger partial charge in [0.05, 0.1) is 0 Å². The Morgan fingerprint density at radius 1 is 1.41 bits per heavy atom. The molecular weight excluding hydrogens is 216 g/mol. The maximum Gasteiger partial charge on any atom is 0.261 e. The van der Waals surface area contributed by atoms with Gasteiger partial charge in [0.2, 0.25) is 0 Å². The largest absolute Gasteiger partial charge is 0.481 e. The Balaban J connectivity index is 2.54. The van der Waals surface area contributed by atoms with Crippen molar-refractivity contribution in [1.29, 1.82) is 0 Å². The number of amides is 1. The van der Waals surface area contributed by atoms with E-state index in [-0.39, 0.29) is 5.91 Å². The molecule has 1 amide bonds. The Labute approximate surface area is 102 Å². The lowest BCUT2D eigenvalue weighted by molar-refractivity contribution is -0.128. The zero-order valence-electron chi connectivity index (χ0n) is 10.6. The summed E-state index contributed by atoms with van der Waals surface area (Å²) >= 11 is 0. The van der Waals surface area contributed by atoms with E-state index >= 15 is 0 Å². The molecule has 17 heavy (non-hydrogen) atoms. The Morgan fingerprint density at radius 2 is 2.00 bits per heavy atom. The van der Waals surface area contributed by atoms with Crippen LogP contribution in [0.15, 0.2) is 30.3 Å². The van der Waals surface area contributed by atoms with Gasteiger partial charge in [0.15, 0.2) is 6.10 Å². The third-order valence-electron chi connectivity index (χ3n) is 2.40. The predicted molar refractivity (Wildman–Crippen MR) is 67.8 cm³/mol. The number of benzene rings is 1. The van der Waals surface area contributed by atoms with E-state index in [4.69, 9.17) is 10.5 Å². The first-order valence-electron chi connectivity index (χ1n) is 5.68. The van der Waals surface area contributed by atoms with E-state index < -0.39 is 11.6 Å². The molecule has 0 radical (unpaired) electrons. The van der Waals surface area contributed by atoms with Crippen molar-refractivity contribution >= 4 is 5.91 Å². The molecular formula is C13H20N2O2. The van der Waals surface area contributed by atoms with Gasteiger partial charge in [0, 0.05) is 12.1 Å². The van der Waals surface area contributed by atoms with E-state index in [0.29, 0.717) is 12.3 Å². The lowest BCUT2D eigenvalue weighted by Gasteiger charge is -2.26. The molecule has 4 heteroatoms. The van der Waals surface area contributed by atoms with Crippen LogP contribution in [0.5, 0.6) is 5.75 Å². The summed E-state index contributed by atoms with van der Waals surface area (Å²) in [6.45, 7) is 5.85. The molecule has 0 aromatic heterocycles. The van der Waals surface area contributed by atoms with Crippen LogP contribution in [0.2, 0.25) is 0 Å². The Morgan fingerprint density at radius 3 is 2.53 bits per heavy atom. The molecule has 0 bridgehead atoms. The number of ether oxygens (including phenoxy) is 1. The third kappa shape index (κ3) is 4.44. The highest BCUT2D eigenvalue weighted by molar-refractivity contribution is 5.81. The van der Waals surface area contributed by atoms with Crippen LogP contribution < -0.4 is 15.8 Å². The highest BCUT2D eigenvalue weighted by Crippen LogP contribution is 2.11. The molecule has 1 rings (SSSR count). The summed E-state index contributed by atoms with van der Waals surface area (Å²) in [7, 11) is 0. The minimum Gasteiger partial charge on any atom is -0.481 e. The van der Waals surface area contributed by atoms with Crippen LogP contribution >= 0.6 is 0 Å². The number of para-hydroxylation sites is 1. The molecule has 0 aliphatic carbocycles. The van der Waals surface area contributed by atoms with Crippen LogP contribution in [-0.2, 0) is 4.79 Å². The van der Waals surface area contributed by atoms with Gasteiger partial charge in [0.1, 0.15) is 5.75 Å². The normalized spacial score (nSPS) is 12.9. The highest BCUT2D eigenvalue weighted by atomic mass is 16.5. The second-order valence-electron chi connectivity index (χ2n) is 4.65. The Bertz CT molecular complexity index is 363. The van der Waals surface area contributed by atoms with E-state index in [1.165, 1.54) is 0 Å². The van der Waals surface area contributed by atoms with Gasteiger partial charge in [-0.2, -0.15) is 0 Å². The standard InChI is InChI=1S/C13H20N2O2/c1-10(12(16)15-13(2,3)9-14)17-11-7-5-4-6-8-11/h4-8,10H,9,14H2,1-3H3,(H,15,16). The number of carbonyl (C=O) groups excluding carboxylic acids is 1. The van der Waals surface area contributed by atoms with Crippen LogP contribution in [0.4, 0.5) is 0 Å². The molecule has 0 aliphatic heterocycles. The number of carbonyl (C=O) groups is 1. The first-order chi connectivity index (χ1) is 7.94. The van der Waals surface area contributed by atoms with E-state index in [1.54, 1.807) is 6.92 Å². The first-order valence-corrected chi connectivity index (χ1v) is 5.68. The van der Waals surface area contributed by atoms with Crippen molar-refractivity contribution in [1.82, 2.24) is 5.32 Å². The summed E-state index contributed by atoms with van der Waals surface area (Å²) in [4.78, 5) is 11.8. The summed E-state index contributed by atoms with van der Waals surface area (Å²) in [5.74, 6) is 0.519. The number of hydrogen-bond acceptors (Lipinski definition) is 3. The molecule has 3 N–H and O–H groups in total. The van der Waals surface area contributed by atoms with Crippen LogP contribution in [0.25, 0.3) is 0 Å². The van der Waals surface area contributed by atoms with Crippen molar-refractivity contribution < 1.29 is 9.53 Å². The molecule has 0 aliphatic rings. The molecule has 1 unspecified atom stereocenters. The van der Waals surface area contributed by atoms with Gasteiger partial charge in [-0.15, -0.1) is 0 Å². The summed E-state index contributed by atoms with van der Waals surface area (Å²) in [6.07, 6.45) is -0.539. The Kier molecular flexibility index (Phi) is 4.52. The van der Waals surface area contributed by atoms with Gasteiger partial charge in [-0.05, 0) is 32.9 Å². The number of nitrogens with two attached hydrogens (primary N) is 1. The zero-order valence-corrected chi connectivity index (χ0v) is 10.6. The lowest BCUT2D eigenvalue weighted by Crippen LogP contribution is -2.52. The molecule has 94 valence electrons. The molecule has 0 saturated carbocycles. The maximum absolute atomic E-state index is 11.8. The number of nitrogens with one attached hydrogen (secondary N) is 1. The Hall–Kier alpha value is -1.55. The van der Waals surface area contributed by atoms with Crippen LogP contribution in [0.3, 0.4) is 0 Å². The van der Waals surface area contributed by atoms with Gasteiger partial charge >= 0.3 is 0 Å². The predicted octanol–water partition coefficient (Wildman–Crippen LogP) is 1.31. The summed E-state index contributed by atoms with van der Waals surface area (Å²) in [6, 6.07) is 9.26. The van der Waals surface area contributed by atoms with Gasteiger partial charge in [-0.1, -0.05) is 18.2 Å². The van der Waals surface area contributed by atoms with Crippen LogP contribution in [0.1, 0.15) is 20.8 Å². The summed E-state index contributed by atoms with van der Waals surface area (Å²) < 4.78 is 5.51. The monoisotopic (exact) mass is 236 g/mol. The molecule has 0 spiro atoms. The third-order valence-corrected chi connectivity index (χ3v) is 2.40. The van der Waals surface area contributed by atoms with Crippen molar-refractivity contribution in [3.63, 3.8) is 0 Å². The summed E-state index contributed by atoms with van der Waals surface area (Å²) in [5.41, 5.74) is 5.14. The fraction of sp³-hybridized carbons (Fsp3) is 0.462. The second kappa shape index (κ2) is 5.68. The van der Waals surface area contributed by atoms with Gasteiger partial charge in [-0.25, -0.2) is 0 Å². The average molecular weight is 236 g/mol. The first kappa shape index (κ1) is 13.5. The topological polar surface area (TPSA) is 64.3 Å². The average Bonchev–Trinajstić information content (AvgIpc) is 2.30. The van der Waals surface area contributed by atoms with Crippen molar-refractivity contribution in [3.8, 4) is 5.75 Å². The van der Waals surface area contributed by atoms with Gasteiger partial charge in [-0.3, -0.25) is 4.79 Å². The molecule has 0 fully saturated rings. The molecule has 0 heterocycles. The zero-order chi connectivity index (χ0) is 12.9. The number of rotatable bonds is 5. The van der Waals surface area contributed by atoms with Crippen molar-refractivity contribution in [2.45, 2.75) is 32.4 Å². The highest BCUT2D eigenvalue weighted by Gasteiger charge is 2.22. The second-order valence-corrected chi connectivity index (χ2v) is 4.65. The quantitative estimate of drug-likeness (QED) is 0.810. The molecule has 1 atom stereocenters. The van der Waals surface area contributed by atoms with E-state index in [0.717, 1.165) is 0 Å². The van der Waals surface area contributed by atoms with Crippen molar-refractivity contribution in [3.05, 3.63) is 30.3 Å². The van der Waals surface area contributed by atoms with E-state index in [9.17, 15) is 4.79 Å². The number of hydrogen-bond donors (Lipinski definition) is 2. The van der Waals surface area contributed by atoms with Gasteiger partial charge < -0.3 is 15.8 Å². The van der Waals surface area contributed by atoms with E-state index in [2.05, 4.69) is 5.32 Å². The minimum atomic E-state index is -0.539. The smallest absolute Gasteiger partial charge is 0.261 e. The van der Waals surface area contributed by atoms with Crippen molar-refractivity contribution in [2.75, 3.05) is 6.54 Å². The van der Waals surface area contributed by atoms with Crippen LogP contribution in [0, 0.1) is 0 Å². The van der Waals surface area contributed by atoms with Crippen molar-refractivity contribution in [2.24, 2.45) is 5.73 Å². The van der Waals surface area contributed by atoms with Crippen LogP contribution in [-0.4, -0.2) is 24.1 Å². The SMILES string of the molecule is CC(Oc1ccccc1)C(=O)NC(C)(C)CN.